The molecule has 0 fully saturated rings. The van der Waals surface area contributed by atoms with Crippen LogP contribution in [0.25, 0.3) is 11.0 Å². The summed E-state index contributed by atoms with van der Waals surface area (Å²) in [6, 6.07) is 4.25. The van der Waals surface area contributed by atoms with Crippen LogP contribution in [0.4, 0.5) is 5.82 Å². The number of hydrogen-bond donors (Lipinski definition) is 1. The molecule has 0 saturated carbocycles. The van der Waals surface area contributed by atoms with Crippen molar-refractivity contribution in [3.8, 4) is 6.07 Å². The van der Waals surface area contributed by atoms with Crippen molar-refractivity contribution in [1.29, 1.82) is 5.26 Å². The molecule has 0 aromatic carbocycles. The largest absolute Gasteiger partial charge is 0.355 e. The lowest BCUT2D eigenvalue weighted by Crippen LogP contribution is -2.29. The topological polar surface area (TPSA) is 68.6 Å². The van der Waals surface area contributed by atoms with Crippen molar-refractivity contribution < 1.29 is 0 Å². The van der Waals surface area contributed by atoms with E-state index in [0.29, 0.717) is 6.42 Å². The minimum absolute atomic E-state index is 0.137. The molecule has 5 heteroatoms. The lowest BCUT2D eigenvalue weighted by atomic mass is 10.2. The van der Waals surface area contributed by atoms with E-state index in [1.807, 2.05) is 31.1 Å². The van der Waals surface area contributed by atoms with Gasteiger partial charge in [-0.05, 0) is 13.0 Å². The minimum Gasteiger partial charge on any atom is -0.355 e. The van der Waals surface area contributed by atoms with E-state index in [9.17, 15) is 0 Å². The predicted molar refractivity (Wildman–Crippen MR) is 62.0 cm³/mol. The summed E-state index contributed by atoms with van der Waals surface area (Å²) in [4.78, 5) is 13.4. The van der Waals surface area contributed by atoms with Gasteiger partial charge in [-0.2, -0.15) is 5.26 Å². The number of fused-ring (bicyclic) bond motifs is 1. The Kier molecular flexibility index (Phi) is 2.73. The van der Waals surface area contributed by atoms with Gasteiger partial charge in [-0.15, -0.1) is 0 Å². The highest BCUT2D eigenvalue weighted by molar-refractivity contribution is 5.87. The summed E-state index contributed by atoms with van der Waals surface area (Å²) in [5, 5.41) is 9.67. The average molecular weight is 215 g/mol. The van der Waals surface area contributed by atoms with Gasteiger partial charge in [0.05, 0.1) is 17.9 Å². The number of nitriles is 1. The number of nitrogens with one attached hydrogen (secondary N) is 1. The van der Waals surface area contributed by atoms with Crippen LogP contribution in [0.5, 0.6) is 0 Å². The highest BCUT2D eigenvalue weighted by atomic mass is 15.2. The fourth-order valence-electron chi connectivity index (χ4n) is 1.62. The first kappa shape index (κ1) is 10.4. The van der Waals surface area contributed by atoms with E-state index in [1.54, 1.807) is 0 Å². The first-order chi connectivity index (χ1) is 7.74. The molecular formula is C11H13N5. The van der Waals surface area contributed by atoms with Crippen molar-refractivity contribution in [3.63, 3.8) is 0 Å². The second-order valence-electron chi connectivity index (χ2n) is 3.76. The van der Waals surface area contributed by atoms with E-state index in [4.69, 9.17) is 5.26 Å². The van der Waals surface area contributed by atoms with Gasteiger partial charge in [-0.25, -0.2) is 9.97 Å². The fraction of sp³-hybridized carbons (Fsp3) is 0.364. The van der Waals surface area contributed by atoms with Gasteiger partial charge in [0.15, 0.2) is 0 Å². The minimum atomic E-state index is 0.137. The van der Waals surface area contributed by atoms with Crippen molar-refractivity contribution >= 4 is 16.9 Å². The summed E-state index contributed by atoms with van der Waals surface area (Å²) in [5.41, 5.74) is 0.820. The van der Waals surface area contributed by atoms with Crippen LogP contribution in [0, 0.1) is 11.3 Å². The van der Waals surface area contributed by atoms with E-state index in [0.717, 1.165) is 16.9 Å². The maximum Gasteiger partial charge on any atom is 0.142 e. The Morgan fingerprint density at radius 3 is 3.12 bits per heavy atom. The zero-order chi connectivity index (χ0) is 11.5. The summed E-state index contributed by atoms with van der Waals surface area (Å²) in [5.74, 6) is 0.856. The molecule has 0 radical (unpaired) electrons. The number of nitrogens with zero attached hydrogens (tertiary/aromatic N) is 4. The van der Waals surface area contributed by atoms with Crippen LogP contribution in [0.2, 0.25) is 0 Å². The van der Waals surface area contributed by atoms with Crippen LogP contribution >= 0.6 is 0 Å². The molecule has 0 saturated heterocycles. The molecule has 2 rings (SSSR count). The van der Waals surface area contributed by atoms with E-state index in [-0.39, 0.29) is 6.04 Å². The van der Waals surface area contributed by atoms with Gasteiger partial charge in [0.25, 0.3) is 0 Å². The van der Waals surface area contributed by atoms with Crippen molar-refractivity contribution in [2.45, 2.75) is 19.4 Å². The molecule has 2 heterocycles. The number of aromatic nitrogens is 3. The van der Waals surface area contributed by atoms with Crippen LogP contribution in [0.1, 0.15) is 13.3 Å². The van der Waals surface area contributed by atoms with Gasteiger partial charge in [-0.1, -0.05) is 0 Å². The second kappa shape index (κ2) is 4.19. The molecule has 2 aromatic heterocycles. The maximum atomic E-state index is 8.69. The Labute approximate surface area is 93.7 Å². The lowest BCUT2D eigenvalue weighted by Gasteiger charge is -2.24. The number of hydrogen-bond acceptors (Lipinski definition) is 4. The highest BCUT2D eigenvalue weighted by Gasteiger charge is 2.14. The van der Waals surface area contributed by atoms with Gasteiger partial charge in [0.1, 0.15) is 17.8 Å². The van der Waals surface area contributed by atoms with Gasteiger partial charge in [0.2, 0.25) is 0 Å². The molecule has 0 aliphatic rings. The van der Waals surface area contributed by atoms with Gasteiger partial charge in [0, 0.05) is 19.3 Å². The van der Waals surface area contributed by atoms with Crippen LogP contribution in [-0.4, -0.2) is 28.0 Å². The Morgan fingerprint density at radius 2 is 2.38 bits per heavy atom. The Bertz CT molecular complexity index is 524. The zero-order valence-corrected chi connectivity index (χ0v) is 9.31. The molecule has 82 valence electrons. The standard InChI is InChI=1S/C11H13N5/c1-8(3-5-12)16(2)11-9-4-6-13-10(9)14-7-15-11/h4,6-8H,3H2,1-2H3,(H,13,14,15). The SMILES string of the molecule is CC(CC#N)N(C)c1ncnc2[nH]ccc12. The maximum absolute atomic E-state index is 8.69. The summed E-state index contributed by atoms with van der Waals surface area (Å²) < 4.78 is 0. The normalized spacial score (nSPS) is 12.3. The number of H-pyrrole nitrogens is 1. The molecule has 0 amide bonds. The van der Waals surface area contributed by atoms with Gasteiger partial charge >= 0.3 is 0 Å². The Hall–Kier alpha value is -2.09. The van der Waals surface area contributed by atoms with Crippen molar-refractivity contribution in [2.24, 2.45) is 0 Å². The monoisotopic (exact) mass is 215 g/mol. The first-order valence-electron chi connectivity index (χ1n) is 5.12. The molecule has 1 unspecified atom stereocenters. The zero-order valence-electron chi connectivity index (χ0n) is 9.31. The van der Waals surface area contributed by atoms with Gasteiger partial charge < -0.3 is 9.88 Å². The summed E-state index contributed by atoms with van der Waals surface area (Å²) in [6.07, 6.45) is 3.85. The fourth-order valence-corrected chi connectivity index (χ4v) is 1.62. The van der Waals surface area contributed by atoms with Crippen molar-refractivity contribution in [3.05, 3.63) is 18.6 Å². The van der Waals surface area contributed by atoms with Crippen molar-refractivity contribution in [2.75, 3.05) is 11.9 Å². The smallest absolute Gasteiger partial charge is 0.142 e. The predicted octanol–water partition coefficient (Wildman–Crippen LogP) is 1.70. The molecule has 0 spiro atoms. The van der Waals surface area contributed by atoms with Crippen LogP contribution in [0.15, 0.2) is 18.6 Å². The second-order valence-corrected chi connectivity index (χ2v) is 3.76. The molecular weight excluding hydrogens is 202 g/mol. The Balaban J connectivity index is 2.39. The van der Waals surface area contributed by atoms with Gasteiger partial charge in [-0.3, -0.25) is 0 Å². The molecule has 0 aliphatic heterocycles. The molecule has 5 nitrogen and oxygen atoms in total. The summed E-state index contributed by atoms with van der Waals surface area (Å²) in [6.45, 7) is 2.00. The molecule has 1 N–H and O–H groups in total. The van der Waals surface area contributed by atoms with E-state index >= 15 is 0 Å². The number of anilines is 1. The van der Waals surface area contributed by atoms with E-state index < -0.39 is 0 Å². The molecule has 16 heavy (non-hydrogen) atoms. The molecule has 1 atom stereocenters. The Morgan fingerprint density at radius 1 is 1.56 bits per heavy atom. The molecule has 0 bridgehead atoms. The molecule has 2 aromatic rings. The quantitative estimate of drug-likeness (QED) is 0.846. The summed E-state index contributed by atoms with van der Waals surface area (Å²) in [7, 11) is 1.94. The summed E-state index contributed by atoms with van der Waals surface area (Å²) >= 11 is 0. The van der Waals surface area contributed by atoms with Crippen LogP contribution in [-0.2, 0) is 0 Å². The van der Waals surface area contributed by atoms with Crippen LogP contribution in [0.3, 0.4) is 0 Å². The number of rotatable bonds is 3. The van der Waals surface area contributed by atoms with Crippen molar-refractivity contribution in [1.82, 2.24) is 15.0 Å². The molecule has 0 aliphatic carbocycles. The first-order valence-corrected chi connectivity index (χ1v) is 5.12. The number of aromatic amines is 1. The third-order valence-corrected chi connectivity index (χ3v) is 2.71. The third kappa shape index (κ3) is 1.70. The van der Waals surface area contributed by atoms with E-state index in [1.165, 1.54) is 6.33 Å². The average Bonchev–Trinajstić information content (AvgIpc) is 2.76. The lowest BCUT2D eigenvalue weighted by molar-refractivity contribution is 0.696. The van der Waals surface area contributed by atoms with Crippen LogP contribution < -0.4 is 4.90 Å². The van der Waals surface area contributed by atoms with E-state index in [2.05, 4.69) is 21.0 Å². The third-order valence-electron chi connectivity index (χ3n) is 2.71. The highest BCUT2D eigenvalue weighted by Crippen LogP contribution is 2.22.